The number of fused-ring (bicyclic) bond motifs is 1. The van der Waals surface area contributed by atoms with E-state index in [9.17, 15) is 4.79 Å². The van der Waals surface area contributed by atoms with E-state index < -0.39 is 0 Å². The fourth-order valence-electron chi connectivity index (χ4n) is 2.44. The molecule has 0 bridgehead atoms. The molecule has 104 valence electrons. The van der Waals surface area contributed by atoms with Crippen molar-refractivity contribution in [3.8, 4) is 11.5 Å². The van der Waals surface area contributed by atoms with E-state index in [2.05, 4.69) is 10.6 Å². The van der Waals surface area contributed by atoms with Gasteiger partial charge in [-0.15, -0.1) is 0 Å². The molecule has 1 atom stereocenters. The van der Waals surface area contributed by atoms with Gasteiger partial charge in [0.2, 0.25) is 5.91 Å². The van der Waals surface area contributed by atoms with Crippen LogP contribution in [0.4, 0.5) is 0 Å². The molecule has 2 rings (SSSR count). The van der Waals surface area contributed by atoms with Crippen LogP contribution >= 0.6 is 0 Å². The molecule has 1 aromatic carbocycles. The molecule has 0 saturated heterocycles. The van der Waals surface area contributed by atoms with E-state index >= 15 is 0 Å². The van der Waals surface area contributed by atoms with Crippen molar-refractivity contribution in [1.82, 2.24) is 10.6 Å². The molecule has 1 aliphatic heterocycles. The molecule has 19 heavy (non-hydrogen) atoms. The van der Waals surface area contributed by atoms with Gasteiger partial charge < -0.3 is 20.1 Å². The van der Waals surface area contributed by atoms with Crippen LogP contribution in [0.25, 0.3) is 0 Å². The Labute approximate surface area is 113 Å². The van der Waals surface area contributed by atoms with Crippen molar-refractivity contribution in [1.29, 1.82) is 0 Å². The van der Waals surface area contributed by atoms with Gasteiger partial charge in [-0.2, -0.15) is 0 Å². The Morgan fingerprint density at radius 2 is 2.05 bits per heavy atom. The highest BCUT2D eigenvalue weighted by molar-refractivity contribution is 5.76. The molecule has 5 nitrogen and oxygen atoms in total. The van der Waals surface area contributed by atoms with E-state index in [0.29, 0.717) is 12.2 Å². The van der Waals surface area contributed by atoms with Crippen LogP contribution < -0.4 is 20.1 Å². The largest absolute Gasteiger partial charge is 0.493 e. The van der Waals surface area contributed by atoms with Gasteiger partial charge >= 0.3 is 0 Å². The summed E-state index contributed by atoms with van der Waals surface area (Å²) in [6.45, 7) is 0.865. The molecule has 2 N–H and O–H groups in total. The standard InChI is InChI=1S/C14H20N2O3/c1-15-14(17)8-11-10-7-13(19-3)12(18-2)6-9(10)4-5-16-11/h6-7,11,16H,4-5,8H2,1-3H3,(H,15,17). The molecule has 0 spiro atoms. The van der Waals surface area contributed by atoms with Crippen LogP contribution in [-0.2, 0) is 11.2 Å². The first kappa shape index (κ1) is 13.7. The number of hydrogen-bond donors (Lipinski definition) is 2. The highest BCUT2D eigenvalue weighted by Gasteiger charge is 2.24. The number of nitrogens with one attached hydrogen (secondary N) is 2. The van der Waals surface area contributed by atoms with Gasteiger partial charge in [-0.25, -0.2) is 0 Å². The lowest BCUT2D eigenvalue weighted by Gasteiger charge is -2.27. The van der Waals surface area contributed by atoms with Gasteiger partial charge in [0.15, 0.2) is 11.5 Å². The molecule has 1 amide bonds. The minimum atomic E-state index is 0.0279. The summed E-state index contributed by atoms with van der Waals surface area (Å²) in [7, 11) is 4.91. The highest BCUT2D eigenvalue weighted by Crippen LogP contribution is 2.35. The third-order valence-electron chi connectivity index (χ3n) is 3.47. The summed E-state index contributed by atoms with van der Waals surface area (Å²) >= 11 is 0. The molecule has 0 aliphatic carbocycles. The summed E-state index contributed by atoms with van der Waals surface area (Å²) < 4.78 is 10.6. The highest BCUT2D eigenvalue weighted by atomic mass is 16.5. The van der Waals surface area contributed by atoms with Crippen LogP contribution in [0.3, 0.4) is 0 Å². The molecule has 0 fully saturated rings. The van der Waals surface area contributed by atoms with E-state index in [-0.39, 0.29) is 11.9 Å². The number of hydrogen-bond acceptors (Lipinski definition) is 4. The van der Waals surface area contributed by atoms with Crippen LogP contribution in [0.2, 0.25) is 0 Å². The van der Waals surface area contributed by atoms with Gasteiger partial charge in [-0.1, -0.05) is 0 Å². The van der Waals surface area contributed by atoms with Crippen molar-refractivity contribution in [2.24, 2.45) is 0 Å². The van der Waals surface area contributed by atoms with Gasteiger partial charge in [0, 0.05) is 19.5 Å². The van der Waals surface area contributed by atoms with Crippen LogP contribution in [0.5, 0.6) is 11.5 Å². The first-order valence-electron chi connectivity index (χ1n) is 6.38. The van der Waals surface area contributed by atoms with E-state index in [4.69, 9.17) is 9.47 Å². The maximum atomic E-state index is 11.6. The van der Waals surface area contributed by atoms with Gasteiger partial charge in [0.25, 0.3) is 0 Å². The Kier molecular flexibility index (Phi) is 4.27. The molecular formula is C14H20N2O3. The summed E-state index contributed by atoms with van der Waals surface area (Å²) in [4.78, 5) is 11.6. The summed E-state index contributed by atoms with van der Waals surface area (Å²) in [5.74, 6) is 1.47. The van der Waals surface area contributed by atoms with Crippen molar-refractivity contribution in [2.45, 2.75) is 18.9 Å². The van der Waals surface area contributed by atoms with Gasteiger partial charge in [0.1, 0.15) is 0 Å². The first-order valence-corrected chi connectivity index (χ1v) is 6.38. The van der Waals surface area contributed by atoms with Crippen molar-refractivity contribution in [3.05, 3.63) is 23.3 Å². The third kappa shape index (κ3) is 2.81. The maximum Gasteiger partial charge on any atom is 0.221 e. The second-order valence-corrected chi connectivity index (χ2v) is 4.54. The number of rotatable bonds is 4. The molecule has 1 aromatic rings. The van der Waals surface area contributed by atoms with Crippen molar-refractivity contribution < 1.29 is 14.3 Å². The van der Waals surface area contributed by atoms with Crippen molar-refractivity contribution in [2.75, 3.05) is 27.8 Å². The Balaban J connectivity index is 2.34. The Morgan fingerprint density at radius 3 is 2.68 bits per heavy atom. The molecule has 0 radical (unpaired) electrons. The van der Waals surface area contributed by atoms with Crippen molar-refractivity contribution >= 4 is 5.91 Å². The zero-order valence-corrected chi connectivity index (χ0v) is 11.6. The van der Waals surface area contributed by atoms with E-state index in [1.54, 1.807) is 21.3 Å². The quantitative estimate of drug-likeness (QED) is 0.852. The fourth-order valence-corrected chi connectivity index (χ4v) is 2.44. The lowest BCUT2D eigenvalue weighted by molar-refractivity contribution is -0.121. The average molecular weight is 264 g/mol. The monoisotopic (exact) mass is 264 g/mol. The molecule has 1 unspecified atom stereocenters. The maximum absolute atomic E-state index is 11.6. The Bertz CT molecular complexity index is 474. The Hall–Kier alpha value is -1.75. The number of methoxy groups -OCH3 is 2. The summed E-state index contributed by atoms with van der Waals surface area (Å²) in [6, 6.07) is 4.00. The van der Waals surface area contributed by atoms with Gasteiger partial charge in [-0.05, 0) is 36.2 Å². The smallest absolute Gasteiger partial charge is 0.221 e. The number of amides is 1. The minimum absolute atomic E-state index is 0.0279. The number of carbonyl (C=O) groups excluding carboxylic acids is 1. The lowest BCUT2D eigenvalue weighted by atomic mass is 9.91. The Morgan fingerprint density at radius 1 is 1.37 bits per heavy atom. The topological polar surface area (TPSA) is 59.6 Å². The van der Waals surface area contributed by atoms with E-state index in [1.807, 2.05) is 12.1 Å². The van der Waals surface area contributed by atoms with Gasteiger partial charge in [0.05, 0.1) is 14.2 Å². The first-order chi connectivity index (χ1) is 9.19. The summed E-state index contributed by atoms with van der Waals surface area (Å²) in [6.07, 6.45) is 1.36. The number of benzene rings is 1. The van der Waals surface area contributed by atoms with Crippen LogP contribution in [0.1, 0.15) is 23.6 Å². The summed E-state index contributed by atoms with van der Waals surface area (Å²) in [5.41, 5.74) is 2.33. The average Bonchev–Trinajstić information content (AvgIpc) is 2.45. The van der Waals surface area contributed by atoms with Crippen LogP contribution in [-0.4, -0.2) is 33.7 Å². The molecule has 1 heterocycles. The molecule has 5 heteroatoms. The van der Waals surface area contributed by atoms with E-state index in [0.717, 1.165) is 24.3 Å². The van der Waals surface area contributed by atoms with Gasteiger partial charge in [-0.3, -0.25) is 4.79 Å². The molecule has 0 saturated carbocycles. The predicted molar refractivity (Wildman–Crippen MR) is 72.7 cm³/mol. The van der Waals surface area contributed by atoms with E-state index in [1.165, 1.54) is 5.56 Å². The van der Waals surface area contributed by atoms with Crippen LogP contribution in [0, 0.1) is 0 Å². The predicted octanol–water partition coefficient (Wildman–Crippen LogP) is 1.03. The summed E-state index contributed by atoms with van der Waals surface area (Å²) in [5, 5.41) is 6.03. The zero-order chi connectivity index (χ0) is 13.8. The molecule has 0 aromatic heterocycles. The fraction of sp³-hybridized carbons (Fsp3) is 0.500. The molecule has 1 aliphatic rings. The number of ether oxygens (including phenoxy) is 2. The molecular weight excluding hydrogens is 244 g/mol. The SMILES string of the molecule is CNC(=O)CC1NCCc2cc(OC)c(OC)cc21. The minimum Gasteiger partial charge on any atom is -0.493 e. The normalized spacial score (nSPS) is 17.5. The third-order valence-corrected chi connectivity index (χ3v) is 3.47. The second kappa shape index (κ2) is 5.93. The lowest BCUT2D eigenvalue weighted by Crippen LogP contribution is -2.33. The second-order valence-electron chi connectivity index (χ2n) is 4.54. The number of carbonyl (C=O) groups is 1. The van der Waals surface area contributed by atoms with Crippen LogP contribution in [0.15, 0.2) is 12.1 Å². The van der Waals surface area contributed by atoms with Crippen molar-refractivity contribution in [3.63, 3.8) is 0 Å². The zero-order valence-electron chi connectivity index (χ0n) is 11.6.